The van der Waals surface area contributed by atoms with Crippen LogP contribution in [0.25, 0.3) is 12.2 Å². The van der Waals surface area contributed by atoms with Gasteiger partial charge in [0.2, 0.25) is 11.8 Å². The predicted molar refractivity (Wildman–Crippen MR) is 224 cm³/mol. The lowest BCUT2D eigenvalue weighted by Crippen LogP contribution is -2.53. The fraction of sp³-hybridized carbons (Fsp3) is 0.224. The van der Waals surface area contributed by atoms with Gasteiger partial charge in [-0.1, -0.05) is 96.1 Å². The van der Waals surface area contributed by atoms with E-state index in [9.17, 15) is 19.5 Å². The van der Waals surface area contributed by atoms with Crippen LogP contribution < -0.4 is 19.8 Å². The van der Waals surface area contributed by atoms with E-state index in [0.717, 1.165) is 27.8 Å². The third kappa shape index (κ3) is 5.98. The number of aromatic hydroxyl groups is 1. The maximum atomic E-state index is 15.4. The Morgan fingerprint density at radius 3 is 2.27 bits per heavy atom. The number of carbonyl (C=O) groups excluding carboxylic acids is 4. The molecular formula is C49H42FN3O7. The van der Waals surface area contributed by atoms with E-state index in [2.05, 4.69) is 5.43 Å². The highest BCUT2D eigenvalue weighted by Crippen LogP contribution is 2.65. The lowest BCUT2D eigenvalue weighted by Gasteiger charge is -2.50. The second-order valence-corrected chi connectivity index (χ2v) is 15.8. The Labute approximate surface area is 346 Å². The van der Waals surface area contributed by atoms with Crippen molar-refractivity contribution in [2.75, 3.05) is 24.5 Å². The number of imide groups is 2. The monoisotopic (exact) mass is 803 g/mol. The molecule has 2 saturated heterocycles. The van der Waals surface area contributed by atoms with E-state index in [-0.39, 0.29) is 24.3 Å². The molecule has 3 fully saturated rings. The minimum absolute atomic E-state index is 0.0649. The molecule has 0 radical (unpaired) electrons. The third-order valence-corrected chi connectivity index (χ3v) is 12.8. The number of halogens is 1. The van der Waals surface area contributed by atoms with E-state index in [0.29, 0.717) is 34.0 Å². The van der Waals surface area contributed by atoms with E-state index < -0.39 is 64.3 Å². The summed E-state index contributed by atoms with van der Waals surface area (Å²) >= 11 is 0. The van der Waals surface area contributed by atoms with Crippen LogP contribution in [0.2, 0.25) is 0 Å². The third-order valence-electron chi connectivity index (χ3n) is 12.8. The number of allylic oxidation sites excluding steroid dienone is 2. The Kier molecular flexibility index (Phi) is 9.61. The molecule has 4 aliphatic rings. The van der Waals surface area contributed by atoms with Gasteiger partial charge in [0.05, 0.1) is 48.8 Å². The molecule has 2 aliphatic heterocycles. The molecule has 6 unspecified atom stereocenters. The summed E-state index contributed by atoms with van der Waals surface area (Å²) in [4.78, 5) is 60.5. The van der Waals surface area contributed by atoms with Gasteiger partial charge < -0.3 is 14.6 Å². The zero-order valence-corrected chi connectivity index (χ0v) is 33.2. The number of methoxy groups -OCH3 is 2. The molecule has 5 aromatic carbocycles. The largest absolute Gasteiger partial charge is 0.505 e. The number of rotatable bonds is 9. The second kappa shape index (κ2) is 15.0. The average molecular weight is 804 g/mol. The number of aryl methyl sites for hydroxylation is 1. The van der Waals surface area contributed by atoms with Gasteiger partial charge in [-0.15, -0.1) is 0 Å². The Balaban J connectivity index is 1.11. The summed E-state index contributed by atoms with van der Waals surface area (Å²) in [5.41, 5.74) is 6.22. The Morgan fingerprint density at radius 2 is 1.55 bits per heavy atom. The van der Waals surface area contributed by atoms with Crippen molar-refractivity contribution in [2.24, 2.45) is 23.7 Å². The molecule has 11 heteroatoms. The van der Waals surface area contributed by atoms with Crippen molar-refractivity contribution in [3.8, 4) is 17.2 Å². The first-order valence-electron chi connectivity index (χ1n) is 19.9. The quantitative estimate of drug-likeness (QED) is 0.0868. The van der Waals surface area contributed by atoms with Gasteiger partial charge in [-0.05, 0) is 85.3 Å². The number of benzene rings is 5. The van der Waals surface area contributed by atoms with Gasteiger partial charge in [-0.25, -0.2) is 4.39 Å². The van der Waals surface area contributed by atoms with Crippen LogP contribution in [0.1, 0.15) is 46.6 Å². The lowest BCUT2D eigenvalue weighted by molar-refractivity contribution is -0.138. The van der Waals surface area contributed by atoms with Crippen molar-refractivity contribution in [3.63, 3.8) is 0 Å². The Morgan fingerprint density at radius 1 is 0.800 bits per heavy atom. The van der Waals surface area contributed by atoms with Gasteiger partial charge in [0, 0.05) is 17.0 Å². The lowest BCUT2D eigenvalue weighted by atomic mass is 9.49. The van der Waals surface area contributed by atoms with E-state index in [4.69, 9.17) is 9.47 Å². The summed E-state index contributed by atoms with van der Waals surface area (Å²) in [7, 11) is 3.19. The topological polar surface area (TPSA) is 125 Å². The maximum absolute atomic E-state index is 15.4. The SMILES string of the molecule is COc1ccc(OC)c(C=Cc2ccc(N3C(=O)C4CC=C5C(CC6C(=O)N(Nc7ccc(C)cc7)C(=O)C6(c6ccccc6)C5c5cccc(F)c5O)C4C3=O)cc2)c1. The molecule has 60 heavy (non-hydrogen) atoms. The van der Waals surface area contributed by atoms with Crippen LogP contribution in [0, 0.1) is 36.4 Å². The highest BCUT2D eigenvalue weighted by molar-refractivity contribution is 6.22. The zero-order chi connectivity index (χ0) is 41.9. The number of nitrogens with one attached hydrogen (secondary N) is 1. The van der Waals surface area contributed by atoms with Crippen molar-refractivity contribution >= 4 is 47.2 Å². The molecule has 1 saturated carbocycles. The minimum atomic E-state index is -1.64. The first-order chi connectivity index (χ1) is 29.1. The van der Waals surface area contributed by atoms with Crippen LogP contribution in [-0.4, -0.2) is 48.0 Å². The number of hydrogen-bond donors (Lipinski definition) is 2. The number of para-hydroxylation sites is 1. The molecule has 302 valence electrons. The van der Waals surface area contributed by atoms with Crippen molar-refractivity contribution in [1.82, 2.24) is 5.01 Å². The van der Waals surface area contributed by atoms with Crippen LogP contribution in [0.5, 0.6) is 17.2 Å². The molecule has 4 amide bonds. The summed E-state index contributed by atoms with van der Waals surface area (Å²) in [6.45, 7) is 1.93. The summed E-state index contributed by atoms with van der Waals surface area (Å²) in [5.74, 6) is -6.41. The maximum Gasteiger partial charge on any atom is 0.260 e. The molecule has 9 rings (SSSR count). The summed E-state index contributed by atoms with van der Waals surface area (Å²) in [6.07, 6.45) is 5.91. The van der Waals surface area contributed by atoms with Gasteiger partial charge in [-0.3, -0.25) is 29.5 Å². The number of fused-ring (bicyclic) bond motifs is 4. The first-order valence-corrected chi connectivity index (χ1v) is 19.9. The molecule has 0 spiro atoms. The van der Waals surface area contributed by atoms with Crippen LogP contribution in [0.15, 0.2) is 127 Å². The van der Waals surface area contributed by atoms with Gasteiger partial charge in [0.25, 0.3) is 11.8 Å². The predicted octanol–water partition coefficient (Wildman–Crippen LogP) is 8.22. The van der Waals surface area contributed by atoms with Crippen LogP contribution in [0.4, 0.5) is 15.8 Å². The number of carbonyl (C=O) groups is 4. The number of phenolic OH excluding ortho intramolecular Hbond substituents is 1. The standard InChI is InChI=1S/C49H42FN3O7/c1-28-12-18-32(19-13-28)51-53-46(56)39-27-38-35(43(37-10-7-11-40(50)44(37)54)49(39,48(53)58)31-8-5-4-6-9-31)23-24-36-42(38)47(57)52(45(36)55)33-20-15-29(16-21-33)14-17-30-26-34(59-2)22-25-41(30)60-3/h4-23,25-26,36,38-39,42-43,51,54H,24,27H2,1-3H3. The number of amides is 4. The number of ether oxygens (including phenoxy) is 2. The molecule has 2 heterocycles. The first kappa shape index (κ1) is 38.5. The van der Waals surface area contributed by atoms with Crippen molar-refractivity contribution in [3.05, 3.63) is 161 Å². The van der Waals surface area contributed by atoms with E-state index in [1.165, 1.54) is 11.0 Å². The summed E-state index contributed by atoms with van der Waals surface area (Å²) in [6, 6.07) is 33.0. The molecule has 6 atom stereocenters. The van der Waals surface area contributed by atoms with E-state index in [1.807, 2.05) is 73.7 Å². The average Bonchev–Trinajstić information content (AvgIpc) is 3.65. The minimum Gasteiger partial charge on any atom is -0.505 e. The number of phenols is 1. The van der Waals surface area contributed by atoms with E-state index >= 15 is 9.18 Å². The van der Waals surface area contributed by atoms with Gasteiger partial charge in [0.1, 0.15) is 11.5 Å². The number of hydrazine groups is 1. The van der Waals surface area contributed by atoms with Gasteiger partial charge >= 0.3 is 0 Å². The molecule has 0 aromatic heterocycles. The summed E-state index contributed by atoms with van der Waals surface area (Å²) in [5, 5.41) is 12.5. The molecule has 2 N–H and O–H groups in total. The normalized spacial score (nSPS) is 24.6. The van der Waals surface area contributed by atoms with Crippen LogP contribution in [0.3, 0.4) is 0 Å². The van der Waals surface area contributed by atoms with Crippen LogP contribution >= 0.6 is 0 Å². The highest BCUT2D eigenvalue weighted by Gasteiger charge is 2.70. The van der Waals surface area contributed by atoms with Crippen LogP contribution in [-0.2, 0) is 24.6 Å². The van der Waals surface area contributed by atoms with Gasteiger partial charge in [0.15, 0.2) is 11.6 Å². The molecule has 10 nitrogen and oxygen atoms in total. The molecular weight excluding hydrogens is 762 g/mol. The number of nitrogens with zero attached hydrogens (tertiary/aromatic N) is 2. The fourth-order valence-corrected chi connectivity index (χ4v) is 10.0. The van der Waals surface area contributed by atoms with Crippen molar-refractivity contribution in [1.29, 1.82) is 0 Å². The van der Waals surface area contributed by atoms with E-state index in [1.54, 1.807) is 68.8 Å². The smallest absolute Gasteiger partial charge is 0.260 e. The molecule has 2 aliphatic carbocycles. The fourth-order valence-electron chi connectivity index (χ4n) is 10.0. The molecule has 5 aromatic rings. The Bertz CT molecular complexity index is 2610. The number of hydrogen-bond acceptors (Lipinski definition) is 8. The Hall–Kier alpha value is -7.01. The van der Waals surface area contributed by atoms with Gasteiger partial charge in [-0.2, -0.15) is 5.01 Å². The summed E-state index contributed by atoms with van der Waals surface area (Å²) < 4.78 is 26.3. The highest BCUT2D eigenvalue weighted by atomic mass is 19.1. The zero-order valence-electron chi connectivity index (χ0n) is 33.2. The van der Waals surface area contributed by atoms with Crippen molar-refractivity contribution in [2.45, 2.75) is 31.1 Å². The number of anilines is 2. The molecule has 0 bridgehead atoms. The van der Waals surface area contributed by atoms with Crippen molar-refractivity contribution < 1.29 is 38.1 Å². The second-order valence-electron chi connectivity index (χ2n) is 15.8.